The fraction of sp³-hybridized carbons (Fsp3) is 0.600. The molecular weight excluding hydrogens is 332 g/mol. The summed E-state index contributed by atoms with van der Waals surface area (Å²) in [6.45, 7) is 7.37. The van der Waals surface area contributed by atoms with Crippen LogP contribution in [0.15, 0.2) is 16.7 Å². The number of pyridine rings is 1. The maximum absolute atomic E-state index is 12.0. The molecule has 6 heteroatoms. The molecule has 2 amide bonds. The lowest BCUT2D eigenvalue weighted by atomic mass is 10.1. The molecule has 116 valence electrons. The van der Waals surface area contributed by atoms with Crippen LogP contribution in [0.3, 0.4) is 0 Å². The first-order valence-corrected chi connectivity index (χ1v) is 8.30. The van der Waals surface area contributed by atoms with Gasteiger partial charge in [0, 0.05) is 19.1 Å². The van der Waals surface area contributed by atoms with E-state index in [9.17, 15) is 4.79 Å². The average molecular weight is 355 g/mol. The topological polar surface area (TPSA) is 57.3 Å². The number of hydrogen-bond donors (Lipinski definition) is 2. The van der Waals surface area contributed by atoms with Gasteiger partial charge in [0.15, 0.2) is 0 Å². The van der Waals surface area contributed by atoms with E-state index in [1.54, 1.807) is 0 Å². The van der Waals surface area contributed by atoms with Gasteiger partial charge in [0.25, 0.3) is 0 Å². The van der Waals surface area contributed by atoms with Crippen molar-refractivity contribution in [2.45, 2.75) is 39.2 Å². The predicted molar refractivity (Wildman–Crippen MR) is 88.6 cm³/mol. The van der Waals surface area contributed by atoms with Crippen molar-refractivity contribution in [3.05, 3.63) is 22.4 Å². The molecule has 1 aliphatic heterocycles. The monoisotopic (exact) mass is 354 g/mol. The Balaban J connectivity index is 1.80. The van der Waals surface area contributed by atoms with Crippen molar-refractivity contribution in [2.75, 3.05) is 25.0 Å². The van der Waals surface area contributed by atoms with Crippen LogP contribution in [0.4, 0.5) is 10.5 Å². The van der Waals surface area contributed by atoms with E-state index in [2.05, 4.69) is 43.4 Å². The molecule has 0 bridgehead atoms. The number of piperidine rings is 1. The third-order valence-electron chi connectivity index (χ3n) is 3.76. The molecule has 1 saturated heterocycles. The highest BCUT2D eigenvalue weighted by molar-refractivity contribution is 9.10. The van der Waals surface area contributed by atoms with Gasteiger partial charge in [0.05, 0.1) is 11.4 Å². The van der Waals surface area contributed by atoms with Gasteiger partial charge in [-0.2, -0.15) is 0 Å². The number of anilines is 1. The van der Waals surface area contributed by atoms with E-state index in [0.717, 1.165) is 48.5 Å². The first-order valence-electron chi connectivity index (χ1n) is 7.51. The summed E-state index contributed by atoms with van der Waals surface area (Å²) >= 11 is 3.32. The highest BCUT2D eigenvalue weighted by Gasteiger charge is 2.20. The Morgan fingerprint density at radius 2 is 2.14 bits per heavy atom. The van der Waals surface area contributed by atoms with Crippen molar-refractivity contribution in [1.82, 2.24) is 15.2 Å². The molecule has 21 heavy (non-hydrogen) atoms. The molecule has 2 N–H and O–H groups in total. The summed E-state index contributed by atoms with van der Waals surface area (Å²) in [4.78, 5) is 18.8. The smallest absolute Gasteiger partial charge is 0.319 e. The van der Waals surface area contributed by atoms with Crippen molar-refractivity contribution in [2.24, 2.45) is 0 Å². The van der Waals surface area contributed by atoms with Crippen molar-refractivity contribution < 1.29 is 4.79 Å². The summed E-state index contributed by atoms with van der Waals surface area (Å²) in [5.74, 6) is 0. The number of aryl methyl sites for hydroxylation is 1. The van der Waals surface area contributed by atoms with Gasteiger partial charge >= 0.3 is 6.03 Å². The number of nitrogens with zero attached hydrogens (tertiary/aromatic N) is 2. The minimum atomic E-state index is -0.142. The summed E-state index contributed by atoms with van der Waals surface area (Å²) in [5, 5.41) is 5.93. The number of aromatic nitrogens is 1. The molecule has 0 unspecified atom stereocenters. The summed E-state index contributed by atoms with van der Waals surface area (Å²) < 4.78 is 0.772. The number of carbonyl (C=O) groups excluding carboxylic acids is 1. The van der Waals surface area contributed by atoms with E-state index >= 15 is 0 Å². The van der Waals surface area contributed by atoms with E-state index in [1.165, 1.54) is 6.42 Å². The number of likely N-dealkylation sites (tertiary alicyclic amines) is 1. The highest BCUT2D eigenvalue weighted by Crippen LogP contribution is 2.16. The van der Waals surface area contributed by atoms with Crippen LogP contribution in [0.25, 0.3) is 0 Å². The Hall–Kier alpha value is -1.14. The zero-order valence-corrected chi connectivity index (χ0v) is 14.2. The Bertz CT molecular complexity index is 487. The quantitative estimate of drug-likeness (QED) is 0.816. The second-order valence-corrected chi connectivity index (χ2v) is 6.29. The number of halogens is 1. The number of hydrogen-bond acceptors (Lipinski definition) is 3. The van der Waals surface area contributed by atoms with Gasteiger partial charge in [0.1, 0.15) is 4.60 Å². The Kier molecular flexibility index (Phi) is 5.99. The molecule has 0 aromatic carbocycles. The number of urea groups is 1. The number of amides is 2. The first kappa shape index (κ1) is 16.2. The van der Waals surface area contributed by atoms with Crippen molar-refractivity contribution in [3.63, 3.8) is 0 Å². The number of nitrogens with one attached hydrogen (secondary N) is 2. The minimum absolute atomic E-state index is 0.142. The summed E-state index contributed by atoms with van der Waals surface area (Å²) in [6.07, 6.45) is 3.23. The van der Waals surface area contributed by atoms with E-state index in [0.29, 0.717) is 0 Å². The largest absolute Gasteiger partial charge is 0.335 e. The molecule has 0 radical (unpaired) electrons. The molecular formula is C15H23BrN4O. The van der Waals surface area contributed by atoms with Gasteiger partial charge < -0.3 is 15.5 Å². The summed E-state index contributed by atoms with van der Waals surface area (Å²) in [6, 6.07) is 3.81. The van der Waals surface area contributed by atoms with Crippen molar-refractivity contribution in [1.29, 1.82) is 0 Å². The molecule has 1 fully saturated rings. The van der Waals surface area contributed by atoms with Crippen LogP contribution in [0.2, 0.25) is 0 Å². The molecule has 0 aliphatic carbocycles. The Labute approximate surface area is 134 Å². The van der Waals surface area contributed by atoms with Crippen LogP contribution in [0, 0.1) is 6.92 Å². The lowest BCUT2D eigenvalue weighted by Crippen LogP contribution is -2.46. The molecule has 0 saturated carbocycles. The van der Waals surface area contributed by atoms with Gasteiger partial charge in [-0.25, -0.2) is 9.78 Å². The Morgan fingerprint density at radius 1 is 1.43 bits per heavy atom. The maximum Gasteiger partial charge on any atom is 0.319 e. The van der Waals surface area contributed by atoms with Crippen LogP contribution in [0.1, 0.15) is 31.9 Å². The van der Waals surface area contributed by atoms with Crippen molar-refractivity contribution in [3.8, 4) is 0 Å². The van der Waals surface area contributed by atoms with E-state index < -0.39 is 0 Å². The summed E-state index contributed by atoms with van der Waals surface area (Å²) in [5.41, 5.74) is 1.55. The SMILES string of the molecule is CCCN1CCC(NC(=O)Nc2ccc(Br)nc2C)CC1. The molecule has 1 aliphatic rings. The lowest BCUT2D eigenvalue weighted by Gasteiger charge is -2.32. The third-order valence-corrected chi connectivity index (χ3v) is 4.20. The predicted octanol–water partition coefficient (Wildman–Crippen LogP) is 3.15. The van der Waals surface area contributed by atoms with Gasteiger partial charge in [-0.3, -0.25) is 0 Å². The zero-order valence-electron chi connectivity index (χ0n) is 12.7. The standard InChI is InChI=1S/C15H23BrN4O/c1-3-8-20-9-6-12(7-10-20)18-15(21)19-13-4-5-14(16)17-11(13)2/h4-5,12H,3,6-10H2,1-2H3,(H2,18,19,21). The molecule has 0 spiro atoms. The van der Waals surface area contributed by atoms with Crippen LogP contribution >= 0.6 is 15.9 Å². The fourth-order valence-corrected chi connectivity index (χ4v) is 3.02. The average Bonchev–Trinajstić information content (AvgIpc) is 2.44. The molecule has 2 rings (SSSR count). The normalized spacial score (nSPS) is 16.7. The molecule has 1 aromatic heterocycles. The molecule has 0 atom stereocenters. The minimum Gasteiger partial charge on any atom is -0.335 e. The number of rotatable bonds is 4. The van der Waals surface area contributed by atoms with Gasteiger partial charge in [-0.05, 0) is 60.8 Å². The van der Waals surface area contributed by atoms with Crippen LogP contribution in [-0.4, -0.2) is 41.6 Å². The number of carbonyl (C=O) groups is 1. The fourth-order valence-electron chi connectivity index (χ4n) is 2.62. The van der Waals surface area contributed by atoms with E-state index in [-0.39, 0.29) is 12.1 Å². The highest BCUT2D eigenvalue weighted by atomic mass is 79.9. The second kappa shape index (κ2) is 7.75. The summed E-state index contributed by atoms with van der Waals surface area (Å²) in [7, 11) is 0. The van der Waals surface area contributed by atoms with Gasteiger partial charge in [-0.1, -0.05) is 6.92 Å². The molecule has 5 nitrogen and oxygen atoms in total. The van der Waals surface area contributed by atoms with Crippen LogP contribution in [0.5, 0.6) is 0 Å². The van der Waals surface area contributed by atoms with Gasteiger partial charge in [-0.15, -0.1) is 0 Å². The maximum atomic E-state index is 12.0. The van der Waals surface area contributed by atoms with Crippen molar-refractivity contribution >= 4 is 27.6 Å². The Morgan fingerprint density at radius 3 is 2.76 bits per heavy atom. The molecule has 1 aromatic rings. The first-order chi connectivity index (χ1) is 10.1. The second-order valence-electron chi connectivity index (χ2n) is 5.48. The van der Waals surface area contributed by atoms with Crippen LogP contribution in [-0.2, 0) is 0 Å². The molecule has 2 heterocycles. The zero-order chi connectivity index (χ0) is 15.2. The third kappa shape index (κ3) is 4.97. The van der Waals surface area contributed by atoms with E-state index in [4.69, 9.17) is 0 Å². The van der Waals surface area contributed by atoms with E-state index in [1.807, 2.05) is 19.1 Å². The van der Waals surface area contributed by atoms with Gasteiger partial charge in [0.2, 0.25) is 0 Å². The van der Waals surface area contributed by atoms with Crippen LogP contribution < -0.4 is 10.6 Å². The lowest BCUT2D eigenvalue weighted by molar-refractivity contribution is 0.196.